The van der Waals surface area contributed by atoms with E-state index in [0.717, 1.165) is 11.8 Å². The highest BCUT2D eigenvalue weighted by atomic mass is 35.5. The molecule has 2 rings (SSSR count). The van der Waals surface area contributed by atoms with Gasteiger partial charge in [-0.25, -0.2) is 14.2 Å². The maximum Gasteiger partial charge on any atom is 0.337 e. The molecular formula is C12H7ClFNO2S. The average Bonchev–Trinajstić information content (AvgIpc) is 2.34. The molecular weight excluding hydrogens is 277 g/mol. The van der Waals surface area contributed by atoms with Gasteiger partial charge < -0.3 is 5.11 Å². The van der Waals surface area contributed by atoms with Gasteiger partial charge in [-0.3, -0.25) is 0 Å². The predicted octanol–water partition coefficient (Wildman–Crippen LogP) is 3.72. The van der Waals surface area contributed by atoms with Crippen LogP contribution in [0.25, 0.3) is 0 Å². The van der Waals surface area contributed by atoms with Gasteiger partial charge in [0.1, 0.15) is 5.03 Å². The fraction of sp³-hybridized carbons (Fsp3) is 0. The van der Waals surface area contributed by atoms with Crippen molar-refractivity contribution in [1.29, 1.82) is 0 Å². The predicted molar refractivity (Wildman–Crippen MR) is 66.7 cm³/mol. The second-order valence-corrected chi connectivity index (χ2v) is 4.81. The first-order valence-electron chi connectivity index (χ1n) is 4.89. The molecule has 0 radical (unpaired) electrons. The average molecular weight is 284 g/mol. The number of nitrogens with zero attached hydrogens (tertiary/aromatic N) is 1. The first-order valence-corrected chi connectivity index (χ1v) is 6.08. The Bertz CT molecular complexity index is 606. The summed E-state index contributed by atoms with van der Waals surface area (Å²) in [7, 11) is 0. The van der Waals surface area contributed by atoms with Gasteiger partial charge in [0.15, 0.2) is 5.82 Å². The van der Waals surface area contributed by atoms with Gasteiger partial charge in [-0.05, 0) is 30.3 Å². The fourth-order valence-corrected chi connectivity index (χ4v) is 2.30. The SMILES string of the molecule is O=C(O)c1cc(Sc2ncccc2F)ccc1Cl. The highest BCUT2D eigenvalue weighted by molar-refractivity contribution is 7.99. The van der Waals surface area contributed by atoms with Crippen LogP contribution in [0.3, 0.4) is 0 Å². The topological polar surface area (TPSA) is 50.2 Å². The third-order valence-corrected chi connectivity index (χ3v) is 3.42. The van der Waals surface area contributed by atoms with Gasteiger partial charge in [0.05, 0.1) is 10.6 Å². The number of benzene rings is 1. The number of hydrogen-bond donors (Lipinski definition) is 1. The Hall–Kier alpha value is -1.59. The molecule has 0 saturated heterocycles. The van der Waals surface area contributed by atoms with Crippen molar-refractivity contribution < 1.29 is 14.3 Å². The van der Waals surface area contributed by atoms with E-state index in [-0.39, 0.29) is 15.6 Å². The summed E-state index contributed by atoms with van der Waals surface area (Å²) >= 11 is 6.79. The van der Waals surface area contributed by atoms with E-state index >= 15 is 0 Å². The zero-order valence-electron chi connectivity index (χ0n) is 8.93. The summed E-state index contributed by atoms with van der Waals surface area (Å²) in [4.78, 5) is 15.4. The minimum atomic E-state index is -1.12. The molecule has 2 aromatic rings. The lowest BCUT2D eigenvalue weighted by Gasteiger charge is -2.04. The summed E-state index contributed by atoms with van der Waals surface area (Å²) in [6.45, 7) is 0. The van der Waals surface area contributed by atoms with E-state index in [9.17, 15) is 9.18 Å². The number of pyridine rings is 1. The van der Waals surface area contributed by atoms with Crippen molar-refractivity contribution in [3.05, 3.63) is 52.9 Å². The second kappa shape index (κ2) is 5.37. The minimum Gasteiger partial charge on any atom is -0.478 e. The lowest BCUT2D eigenvalue weighted by Crippen LogP contribution is -1.97. The third-order valence-electron chi connectivity index (χ3n) is 2.11. The van der Waals surface area contributed by atoms with Gasteiger partial charge in [0.2, 0.25) is 0 Å². The van der Waals surface area contributed by atoms with Gasteiger partial charge in [-0.1, -0.05) is 23.4 Å². The van der Waals surface area contributed by atoms with E-state index in [4.69, 9.17) is 16.7 Å². The van der Waals surface area contributed by atoms with Crippen LogP contribution in [0, 0.1) is 5.82 Å². The Kier molecular flexibility index (Phi) is 3.84. The van der Waals surface area contributed by atoms with Crippen molar-refractivity contribution in [1.82, 2.24) is 4.98 Å². The first-order chi connectivity index (χ1) is 8.58. The number of carboxylic acids is 1. The zero-order valence-corrected chi connectivity index (χ0v) is 10.5. The summed E-state index contributed by atoms with van der Waals surface area (Å²) in [5.74, 6) is -1.57. The smallest absolute Gasteiger partial charge is 0.337 e. The van der Waals surface area contributed by atoms with Crippen LogP contribution in [0.1, 0.15) is 10.4 Å². The highest BCUT2D eigenvalue weighted by Gasteiger charge is 2.11. The van der Waals surface area contributed by atoms with E-state index in [1.165, 1.54) is 30.5 Å². The number of carbonyl (C=O) groups is 1. The second-order valence-electron chi connectivity index (χ2n) is 3.34. The van der Waals surface area contributed by atoms with Gasteiger partial charge in [-0.2, -0.15) is 0 Å². The van der Waals surface area contributed by atoms with Gasteiger partial charge >= 0.3 is 5.97 Å². The molecule has 0 fully saturated rings. The van der Waals surface area contributed by atoms with E-state index in [0.29, 0.717) is 4.90 Å². The summed E-state index contributed by atoms with van der Waals surface area (Å²) < 4.78 is 13.4. The molecule has 18 heavy (non-hydrogen) atoms. The van der Waals surface area contributed by atoms with Crippen molar-refractivity contribution in [3.63, 3.8) is 0 Å². The molecule has 1 aromatic heterocycles. The summed E-state index contributed by atoms with van der Waals surface area (Å²) in [5, 5.41) is 9.26. The largest absolute Gasteiger partial charge is 0.478 e. The molecule has 0 saturated carbocycles. The molecule has 3 nitrogen and oxygen atoms in total. The van der Waals surface area contributed by atoms with E-state index in [2.05, 4.69) is 4.98 Å². The van der Waals surface area contributed by atoms with Crippen molar-refractivity contribution in [2.24, 2.45) is 0 Å². The number of carboxylic acid groups (broad SMARTS) is 1. The van der Waals surface area contributed by atoms with E-state index in [1.54, 1.807) is 6.07 Å². The molecule has 0 aliphatic carbocycles. The molecule has 1 N–H and O–H groups in total. The molecule has 0 atom stereocenters. The zero-order chi connectivity index (χ0) is 13.1. The van der Waals surface area contributed by atoms with E-state index < -0.39 is 11.8 Å². The Morgan fingerprint density at radius 3 is 2.83 bits per heavy atom. The van der Waals surface area contributed by atoms with Gasteiger partial charge in [-0.15, -0.1) is 0 Å². The van der Waals surface area contributed by atoms with Crippen molar-refractivity contribution in [2.75, 3.05) is 0 Å². The maximum atomic E-state index is 13.4. The van der Waals surface area contributed by atoms with Crippen LogP contribution in [0.5, 0.6) is 0 Å². The maximum absolute atomic E-state index is 13.4. The highest BCUT2D eigenvalue weighted by Crippen LogP contribution is 2.30. The molecule has 0 aliphatic heterocycles. The summed E-state index contributed by atoms with van der Waals surface area (Å²) in [6.07, 6.45) is 1.47. The molecule has 1 aromatic carbocycles. The molecule has 0 aliphatic rings. The Balaban J connectivity index is 2.33. The molecule has 6 heteroatoms. The number of halogens is 2. The van der Waals surface area contributed by atoms with Crippen LogP contribution >= 0.6 is 23.4 Å². The van der Waals surface area contributed by atoms with Crippen LogP contribution in [-0.4, -0.2) is 16.1 Å². The Morgan fingerprint density at radius 1 is 1.39 bits per heavy atom. The molecule has 0 amide bonds. The third kappa shape index (κ3) is 2.80. The first kappa shape index (κ1) is 12.9. The van der Waals surface area contributed by atoms with Crippen molar-refractivity contribution >= 4 is 29.3 Å². The normalized spacial score (nSPS) is 10.3. The van der Waals surface area contributed by atoms with Crippen LogP contribution < -0.4 is 0 Å². The lowest BCUT2D eigenvalue weighted by molar-refractivity contribution is 0.0697. The summed E-state index contributed by atoms with van der Waals surface area (Å²) in [6, 6.07) is 7.26. The quantitative estimate of drug-likeness (QED) is 0.932. The monoisotopic (exact) mass is 283 g/mol. The van der Waals surface area contributed by atoms with Crippen LogP contribution in [0.2, 0.25) is 5.02 Å². The fourth-order valence-electron chi connectivity index (χ4n) is 1.29. The molecule has 92 valence electrons. The molecule has 0 spiro atoms. The Morgan fingerprint density at radius 2 is 2.17 bits per heavy atom. The van der Waals surface area contributed by atoms with Crippen LogP contribution in [0.4, 0.5) is 4.39 Å². The Labute approximate surface area is 112 Å². The van der Waals surface area contributed by atoms with Crippen LogP contribution in [-0.2, 0) is 0 Å². The molecule has 0 bridgehead atoms. The number of hydrogen-bond acceptors (Lipinski definition) is 3. The number of aromatic nitrogens is 1. The lowest BCUT2D eigenvalue weighted by atomic mass is 10.2. The number of rotatable bonds is 3. The minimum absolute atomic E-state index is 0.0157. The molecule has 1 heterocycles. The van der Waals surface area contributed by atoms with Gasteiger partial charge in [0.25, 0.3) is 0 Å². The van der Waals surface area contributed by atoms with Crippen molar-refractivity contribution in [2.45, 2.75) is 9.92 Å². The number of aromatic carboxylic acids is 1. The van der Waals surface area contributed by atoms with Crippen LogP contribution in [0.15, 0.2) is 46.5 Å². The summed E-state index contributed by atoms with van der Waals surface area (Å²) in [5.41, 5.74) is -0.0157. The standard InChI is InChI=1S/C12H7ClFNO2S/c13-9-4-3-7(6-8(9)12(16)17)18-11-10(14)2-1-5-15-11/h1-6H,(H,16,17). The van der Waals surface area contributed by atoms with Crippen molar-refractivity contribution in [3.8, 4) is 0 Å². The van der Waals surface area contributed by atoms with Gasteiger partial charge in [0, 0.05) is 11.1 Å². The van der Waals surface area contributed by atoms with E-state index in [1.807, 2.05) is 0 Å². The molecule has 0 unspecified atom stereocenters.